The lowest BCUT2D eigenvalue weighted by molar-refractivity contribution is 0.313. The van der Waals surface area contributed by atoms with Crippen LogP contribution in [-0.2, 0) is 0 Å². The molecule has 1 fully saturated rings. The molecular formula is C16H21N5O. The van der Waals surface area contributed by atoms with Crippen molar-refractivity contribution in [1.82, 2.24) is 14.9 Å². The summed E-state index contributed by atoms with van der Waals surface area (Å²) in [5.41, 5.74) is 2.60. The van der Waals surface area contributed by atoms with Crippen LogP contribution in [-0.4, -0.2) is 48.1 Å². The molecule has 2 N–H and O–H groups in total. The molecular weight excluding hydrogens is 278 g/mol. The Morgan fingerprint density at radius 3 is 2.73 bits per heavy atom. The number of piperazine rings is 1. The molecule has 0 aliphatic carbocycles. The molecule has 1 saturated heterocycles. The minimum Gasteiger partial charge on any atom is -0.369 e. The Morgan fingerprint density at radius 2 is 2.00 bits per heavy atom. The molecule has 0 radical (unpaired) electrons. The van der Waals surface area contributed by atoms with Crippen LogP contribution in [0.3, 0.4) is 0 Å². The number of hydrogen-bond acceptors (Lipinski definition) is 5. The standard InChI is InChI=1S/C16H21N5O/c1-12-11-17-16(19-15(12)22)18-13-4-3-5-14(10-13)21-8-6-20(2)7-9-21/h3-5,10-11H,6-9H2,1-2H3,(H2,17,18,19,22). The van der Waals surface area contributed by atoms with E-state index in [0.29, 0.717) is 11.5 Å². The highest BCUT2D eigenvalue weighted by molar-refractivity contribution is 5.62. The van der Waals surface area contributed by atoms with E-state index in [1.54, 1.807) is 13.1 Å². The van der Waals surface area contributed by atoms with Crippen LogP contribution >= 0.6 is 0 Å². The van der Waals surface area contributed by atoms with Gasteiger partial charge < -0.3 is 15.1 Å². The molecule has 1 aliphatic heterocycles. The highest BCUT2D eigenvalue weighted by atomic mass is 16.1. The van der Waals surface area contributed by atoms with Crippen molar-refractivity contribution < 1.29 is 0 Å². The van der Waals surface area contributed by atoms with E-state index >= 15 is 0 Å². The van der Waals surface area contributed by atoms with Crippen LogP contribution in [0.2, 0.25) is 0 Å². The van der Waals surface area contributed by atoms with Gasteiger partial charge >= 0.3 is 0 Å². The van der Waals surface area contributed by atoms with E-state index in [1.807, 2.05) is 12.1 Å². The van der Waals surface area contributed by atoms with Crippen LogP contribution < -0.4 is 15.8 Å². The van der Waals surface area contributed by atoms with Gasteiger partial charge in [0.25, 0.3) is 5.56 Å². The Balaban J connectivity index is 1.76. The van der Waals surface area contributed by atoms with Gasteiger partial charge in [0.15, 0.2) is 0 Å². The average molecular weight is 299 g/mol. The zero-order valence-corrected chi connectivity index (χ0v) is 13.0. The molecule has 116 valence electrons. The van der Waals surface area contributed by atoms with Gasteiger partial charge in [-0.2, -0.15) is 0 Å². The summed E-state index contributed by atoms with van der Waals surface area (Å²) in [4.78, 5) is 23.3. The summed E-state index contributed by atoms with van der Waals surface area (Å²) in [5, 5.41) is 3.16. The number of nitrogens with zero attached hydrogens (tertiary/aromatic N) is 3. The Labute approximate surface area is 129 Å². The maximum Gasteiger partial charge on any atom is 0.255 e. The highest BCUT2D eigenvalue weighted by Crippen LogP contribution is 2.22. The number of hydrogen-bond donors (Lipinski definition) is 2. The first kappa shape index (κ1) is 14.6. The van der Waals surface area contributed by atoms with Crippen LogP contribution in [0.25, 0.3) is 0 Å². The van der Waals surface area contributed by atoms with Gasteiger partial charge in [-0.3, -0.25) is 9.78 Å². The molecule has 0 amide bonds. The quantitative estimate of drug-likeness (QED) is 0.901. The predicted octanol–water partition coefficient (Wildman–Crippen LogP) is 1.57. The van der Waals surface area contributed by atoms with Gasteiger partial charge in [0, 0.05) is 49.3 Å². The molecule has 6 heteroatoms. The van der Waals surface area contributed by atoms with E-state index in [1.165, 1.54) is 5.69 Å². The third-order valence-electron chi connectivity index (χ3n) is 3.95. The summed E-state index contributed by atoms with van der Waals surface area (Å²) in [6.45, 7) is 5.94. The van der Waals surface area contributed by atoms with Gasteiger partial charge in [-0.1, -0.05) is 6.07 Å². The number of nitrogens with one attached hydrogen (secondary N) is 2. The Morgan fingerprint density at radius 1 is 1.23 bits per heavy atom. The van der Waals surface area contributed by atoms with Gasteiger partial charge in [0.1, 0.15) is 0 Å². The molecule has 0 spiro atoms. The number of anilines is 3. The molecule has 2 heterocycles. The maximum absolute atomic E-state index is 11.6. The second-order valence-electron chi connectivity index (χ2n) is 5.71. The molecule has 0 atom stereocenters. The third-order valence-corrected chi connectivity index (χ3v) is 3.95. The number of likely N-dealkylation sites (N-methyl/N-ethyl adjacent to an activating group) is 1. The van der Waals surface area contributed by atoms with Crippen LogP contribution in [0.4, 0.5) is 17.3 Å². The molecule has 0 bridgehead atoms. The van der Waals surface area contributed by atoms with Crippen LogP contribution in [0.15, 0.2) is 35.3 Å². The SMILES string of the molecule is Cc1cnc(Nc2cccc(N3CCN(C)CC3)c2)[nH]c1=O. The van der Waals surface area contributed by atoms with E-state index in [9.17, 15) is 4.79 Å². The number of rotatable bonds is 3. The predicted molar refractivity (Wildman–Crippen MR) is 89.0 cm³/mol. The van der Waals surface area contributed by atoms with E-state index < -0.39 is 0 Å². The Bertz CT molecular complexity index is 704. The van der Waals surface area contributed by atoms with Gasteiger partial charge in [0.05, 0.1) is 0 Å². The molecule has 1 aliphatic rings. The van der Waals surface area contributed by atoms with Crippen molar-refractivity contribution in [2.45, 2.75) is 6.92 Å². The summed E-state index contributed by atoms with van der Waals surface area (Å²) in [6, 6.07) is 8.19. The van der Waals surface area contributed by atoms with Crippen LogP contribution in [0, 0.1) is 6.92 Å². The van der Waals surface area contributed by atoms with Gasteiger partial charge in [-0.15, -0.1) is 0 Å². The number of aryl methyl sites for hydroxylation is 1. The van der Waals surface area contributed by atoms with Crippen molar-refractivity contribution in [3.05, 3.63) is 46.4 Å². The monoisotopic (exact) mass is 299 g/mol. The average Bonchev–Trinajstić information content (AvgIpc) is 2.52. The lowest BCUT2D eigenvalue weighted by Gasteiger charge is -2.34. The molecule has 3 rings (SSSR count). The molecule has 1 aromatic heterocycles. The largest absolute Gasteiger partial charge is 0.369 e. The first-order valence-electron chi connectivity index (χ1n) is 7.48. The minimum atomic E-state index is -0.118. The smallest absolute Gasteiger partial charge is 0.255 e. The maximum atomic E-state index is 11.6. The lowest BCUT2D eigenvalue weighted by atomic mass is 10.2. The number of H-pyrrole nitrogens is 1. The van der Waals surface area contributed by atoms with Crippen molar-refractivity contribution in [3.63, 3.8) is 0 Å². The summed E-state index contributed by atoms with van der Waals surface area (Å²) in [7, 11) is 2.15. The fourth-order valence-corrected chi connectivity index (χ4v) is 2.50. The fourth-order valence-electron chi connectivity index (χ4n) is 2.50. The van der Waals surface area contributed by atoms with Crippen molar-refractivity contribution >= 4 is 17.3 Å². The lowest BCUT2D eigenvalue weighted by Crippen LogP contribution is -2.44. The van der Waals surface area contributed by atoms with Crippen LogP contribution in [0.5, 0.6) is 0 Å². The number of benzene rings is 1. The van der Waals surface area contributed by atoms with Crippen LogP contribution in [0.1, 0.15) is 5.56 Å². The second-order valence-corrected chi connectivity index (χ2v) is 5.71. The van der Waals surface area contributed by atoms with Crippen molar-refractivity contribution in [3.8, 4) is 0 Å². The number of aromatic nitrogens is 2. The molecule has 1 aromatic carbocycles. The molecule has 22 heavy (non-hydrogen) atoms. The highest BCUT2D eigenvalue weighted by Gasteiger charge is 2.14. The molecule has 0 saturated carbocycles. The van der Waals surface area contributed by atoms with E-state index in [-0.39, 0.29) is 5.56 Å². The van der Waals surface area contributed by atoms with Crippen molar-refractivity contribution in [2.75, 3.05) is 43.4 Å². The summed E-state index contributed by atoms with van der Waals surface area (Å²) in [6.07, 6.45) is 1.57. The molecule has 0 unspecified atom stereocenters. The Hall–Kier alpha value is -2.34. The zero-order valence-electron chi connectivity index (χ0n) is 13.0. The second kappa shape index (κ2) is 6.19. The summed E-state index contributed by atoms with van der Waals surface area (Å²) in [5.74, 6) is 0.464. The Kier molecular flexibility index (Phi) is 4.11. The van der Waals surface area contributed by atoms with Gasteiger partial charge in [-0.25, -0.2) is 4.98 Å². The van der Waals surface area contributed by atoms with Crippen molar-refractivity contribution in [2.24, 2.45) is 0 Å². The van der Waals surface area contributed by atoms with E-state index in [2.05, 4.69) is 44.3 Å². The van der Waals surface area contributed by atoms with Gasteiger partial charge in [0.2, 0.25) is 5.95 Å². The third kappa shape index (κ3) is 3.28. The van der Waals surface area contributed by atoms with Crippen molar-refractivity contribution in [1.29, 1.82) is 0 Å². The topological polar surface area (TPSA) is 64.3 Å². The molecule has 2 aromatic rings. The number of aromatic amines is 1. The minimum absolute atomic E-state index is 0.118. The van der Waals surface area contributed by atoms with Gasteiger partial charge in [-0.05, 0) is 32.2 Å². The summed E-state index contributed by atoms with van der Waals surface area (Å²) >= 11 is 0. The summed E-state index contributed by atoms with van der Waals surface area (Å²) < 4.78 is 0. The first-order valence-corrected chi connectivity index (χ1v) is 7.48. The normalized spacial score (nSPS) is 15.8. The fraction of sp³-hybridized carbons (Fsp3) is 0.375. The van der Waals surface area contributed by atoms with E-state index in [0.717, 1.165) is 31.9 Å². The first-order chi connectivity index (χ1) is 10.6. The molecule has 6 nitrogen and oxygen atoms in total. The zero-order chi connectivity index (χ0) is 15.5. The van der Waals surface area contributed by atoms with E-state index in [4.69, 9.17) is 0 Å².